The van der Waals surface area contributed by atoms with Gasteiger partial charge in [0, 0.05) is 26.2 Å². The fourth-order valence-electron chi connectivity index (χ4n) is 3.10. The highest BCUT2D eigenvalue weighted by Crippen LogP contribution is 2.28. The number of para-hydroxylation sites is 1. The average molecular weight is 372 g/mol. The molecule has 1 amide bonds. The van der Waals surface area contributed by atoms with E-state index in [0.717, 1.165) is 12.0 Å². The molecule has 7 heteroatoms. The van der Waals surface area contributed by atoms with Crippen molar-refractivity contribution >= 4 is 5.91 Å². The van der Waals surface area contributed by atoms with Gasteiger partial charge >= 0.3 is 6.18 Å². The van der Waals surface area contributed by atoms with Crippen LogP contribution in [-0.4, -0.2) is 61.2 Å². The lowest BCUT2D eigenvalue weighted by Crippen LogP contribution is -2.40. The van der Waals surface area contributed by atoms with Crippen LogP contribution in [0.3, 0.4) is 0 Å². The van der Waals surface area contributed by atoms with Crippen LogP contribution in [0.2, 0.25) is 0 Å². The highest BCUT2D eigenvalue weighted by atomic mass is 19.4. The first-order valence-electron chi connectivity index (χ1n) is 9.08. The van der Waals surface area contributed by atoms with Gasteiger partial charge in [-0.2, -0.15) is 13.2 Å². The molecular formula is C19H27F3N2O2. The molecule has 1 unspecified atom stereocenters. The van der Waals surface area contributed by atoms with Crippen LogP contribution in [0.25, 0.3) is 0 Å². The number of ether oxygens (including phenoxy) is 1. The molecule has 1 fully saturated rings. The van der Waals surface area contributed by atoms with E-state index in [9.17, 15) is 18.0 Å². The average Bonchev–Trinajstić information content (AvgIpc) is 2.83. The molecule has 1 aromatic carbocycles. The van der Waals surface area contributed by atoms with Gasteiger partial charge in [-0.3, -0.25) is 9.69 Å². The molecule has 0 aliphatic carbocycles. The van der Waals surface area contributed by atoms with E-state index in [0.29, 0.717) is 37.7 Å². The van der Waals surface area contributed by atoms with Gasteiger partial charge < -0.3 is 9.64 Å². The van der Waals surface area contributed by atoms with Gasteiger partial charge in [0.1, 0.15) is 5.75 Å². The van der Waals surface area contributed by atoms with Crippen LogP contribution in [0, 0.1) is 0 Å². The number of carbonyl (C=O) groups is 1. The van der Waals surface area contributed by atoms with Crippen LogP contribution < -0.4 is 4.74 Å². The van der Waals surface area contributed by atoms with Gasteiger partial charge in [-0.15, -0.1) is 0 Å². The van der Waals surface area contributed by atoms with Crippen molar-refractivity contribution in [3.63, 3.8) is 0 Å². The minimum absolute atomic E-state index is 0.0906. The number of rotatable bonds is 6. The number of hydrogen-bond donors (Lipinski definition) is 0. The van der Waals surface area contributed by atoms with Crippen molar-refractivity contribution in [2.75, 3.05) is 39.3 Å². The SMILES string of the molecule is CCC(C)c1ccccc1OCC(=O)N1CCCN(CC(F)(F)F)CC1. The highest BCUT2D eigenvalue weighted by molar-refractivity contribution is 5.77. The topological polar surface area (TPSA) is 32.8 Å². The zero-order valence-electron chi connectivity index (χ0n) is 15.4. The summed E-state index contributed by atoms with van der Waals surface area (Å²) in [7, 11) is 0. The predicted octanol–water partition coefficient (Wildman–Crippen LogP) is 3.68. The van der Waals surface area contributed by atoms with Gasteiger partial charge in [0.05, 0.1) is 6.54 Å². The molecular weight excluding hydrogens is 345 g/mol. The van der Waals surface area contributed by atoms with E-state index >= 15 is 0 Å². The largest absolute Gasteiger partial charge is 0.483 e. The summed E-state index contributed by atoms with van der Waals surface area (Å²) in [5.41, 5.74) is 1.06. The smallest absolute Gasteiger partial charge is 0.401 e. The molecule has 2 rings (SSSR count). The van der Waals surface area contributed by atoms with Gasteiger partial charge in [0.15, 0.2) is 6.61 Å². The minimum atomic E-state index is -4.21. The van der Waals surface area contributed by atoms with E-state index in [-0.39, 0.29) is 19.1 Å². The Morgan fingerprint density at radius 1 is 1.19 bits per heavy atom. The lowest BCUT2D eigenvalue weighted by atomic mass is 9.98. The van der Waals surface area contributed by atoms with E-state index in [4.69, 9.17) is 4.74 Å². The van der Waals surface area contributed by atoms with Crippen molar-refractivity contribution in [1.29, 1.82) is 0 Å². The summed E-state index contributed by atoms with van der Waals surface area (Å²) >= 11 is 0. The molecule has 1 aliphatic rings. The second-order valence-electron chi connectivity index (χ2n) is 6.76. The summed E-state index contributed by atoms with van der Waals surface area (Å²) < 4.78 is 43.3. The van der Waals surface area contributed by atoms with E-state index in [1.807, 2.05) is 24.3 Å². The van der Waals surface area contributed by atoms with Crippen LogP contribution in [0.1, 0.15) is 38.2 Å². The first-order chi connectivity index (χ1) is 12.3. The number of hydrogen-bond acceptors (Lipinski definition) is 3. The Morgan fingerprint density at radius 3 is 2.62 bits per heavy atom. The second-order valence-corrected chi connectivity index (χ2v) is 6.76. The lowest BCUT2D eigenvalue weighted by molar-refractivity contribution is -0.145. The molecule has 4 nitrogen and oxygen atoms in total. The predicted molar refractivity (Wildman–Crippen MR) is 94.3 cm³/mol. The van der Waals surface area contributed by atoms with Gasteiger partial charge in [-0.05, 0) is 30.4 Å². The number of carbonyl (C=O) groups excluding carboxylic acids is 1. The first kappa shape index (κ1) is 20.6. The van der Waals surface area contributed by atoms with Gasteiger partial charge in [0.25, 0.3) is 5.91 Å². The third-order valence-corrected chi connectivity index (χ3v) is 4.76. The maximum absolute atomic E-state index is 12.5. The van der Waals surface area contributed by atoms with Crippen molar-refractivity contribution in [1.82, 2.24) is 9.80 Å². The maximum atomic E-state index is 12.5. The molecule has 1 aromatic rings. The van der Waals surface area contributed by atoms with Crippen LogP contribution in [0.4, 0.5) is 13.2 Å². The molecule has 146 valence electrons. The van der Waals surface area contributed by atoms with Crippen molar-refractivity contribution in [3.05, 3.63) is 29.8 Å². The molecule has 1 atom stereocenters. The number of amides is 1. The number of halogens is 3. The summed E-state index contributed by atoms with van der Waals surface area (Å²) in [6.07, 6.45) is -2.71. The van der Waals surface area contributed by atoms with Crippen LogP contribution >= 0.6 is 0 Å². The van der Waals surface area contributed by atoms with E-state index < -0.39 is 12.7 Å². The number of alkyl halides is 3. The number of benzene rings is 1. The Kier molecular flexibility index (Phi) is 7.32. The van der Waals surface area contributed by atoms with Crippen molar-refractivity contribution in [3.8, 4) is 5.75 Å². The fraction of sp³-hybridized carbons (Fsp3) is 0.632. The molecule has 0 bridgehead atoms. The second kappa shape index (κ2) is 9.26. The third-order valence-electron chi connectivity index (χ3n) is 4.76. The Bertz CT molecular complexity index is 592. The summed E-state index contributed by atoms with van der Waals surface area (Å²) in [5, 5.41) is 0. The summed E-state index contributed by atoms with van der Waals surface area (Å²) in [5.74, 6) is 0.844. The molecule has 1 saturated heterocycles. The van der Waals surface area contributed by atoms with Gasteiger partial charge in [0.2, 0.25) is 0 Å². The molecule has 0 N–H and O–H groups in total. The van der Waals surface area contributed by atoms with E-state index in [1.54, 1.807) is 4.90 Å². The maximum Gasteiger partial charge on any atom is 0.401 e. The summed E-state index contributed by atoms with van der Waals surface area (Å²) in [6.45, 7) is 4.52. The van der Waals surface area contributed by atoms with Gasteiger partial charge in [-0.25, -0.2) is 0 Å². The quantitative estimate of drug-likeness (QED) is 0.764. The lowest BCUT2D eigenvalue weighted by Gasteiger charge is -2.23. The summed E-state index contributed by atoms with van der Waals surface area (Å²) in [4.78, 5) is 15.4. The van der Waals surface area contributed by atoms with Crippen LogP contribution in [0.5, 0.6) is 5.75 Å². The molecule has 26 heavy (non-hydrogen) atoms. The van der Waals surface area contributed by atoms with Crippen LogP contribution in [-0.2, 0) is 4.79 Å². The first-order valence-corrected chi connectivity index (χ1v) is 9.08. The molecule has 1 aliphatic heterocycles. The molecule has 0 saturated carbocycles. The Morgan fingerprint density at radius 2 is 1.92 bits per heavy atom. The number of nitrogens with zero attached hydrogens (tertiary/aromatic N) is 2. The fourth-order valence-corrected chi connectivity index (χ4v) is 3.10. The zero-order chi connectivity index (χ0) is 19.2. The normalized spacial score (nSPS) is 17.7. The summed E-state index contributed by atoms with van der Waals surface area (Å²) in [6, 6.07) is 7.66. The third kappa shape index (κ3) is 6.20. The Hall–Kier alpha value is -1.76. The van der Waals surface area contributed by atoms with Crippen molar-refractivity contribution < 1.29 is 22.7 Å². The zero-order valence-corrected chi connectivity index (χ0v) is 15.4. The molecule has 0 spiro atoms. The highest BCUT2D eigenvalue weighted by Gasteiger charge is 2.31. The van der Waals surface area contributed by atoms with Crippen molar-refractivity contribution in [2.24, 2.45) is 0 Å². The van der Waals surface area contributed by atoms with E-state index in [1.165, 1.54) is 4.90 Å². The molecule has 0 aromatic heterocycles. The minimum Gasteiger partial charge on any atom is -0.483 e. The van der Waals surface area contributed by atoms with Gasteiger partial charge in [-0.1, -0.05) is 32.0 Å². The molecule has 0 radical (unpaired) electrons. The van der Waals surface area contributed by atoms with E-state index in [2.05, 4.69) is 13.8 Å². The standard InChI is InChI=1S/C19H27F3N2O2/c1-3-15(2)16-7-4-5-8-17(16)26-13-18(25)24-10-6-9-23(11-12-24)14-19(20,21)22/h4-5,7-8,15H,3,6,9-14H2,1-2H3. The van der Waals surface area contributed by atoms with Crippen LogP contribution in [0.15, 0.2) is 24.3 Å². The Balaban J connectivity index is 1.89. The van der Waals surface area contributed by atoms with Crippen molar-refractivity contribution in [2.45, 2.75) is 38.8 Å². The molecule has 1 heterocycles. The Labute approximate surface area is 152 Å². The monoisotopic (exact) mass is 372 g/mol.